The first kappa shape index (κ1) is 28.8. The number of amides is 3. The van der Waals surface area contributed by atoms with Crippen LogP contribution in [-0.4, -0.2) is 90.8 Å². The number of rotatable bonds is 7. The highest BCUT2D eigenvalue weighted by Crippen LogP contribution is 2.58. The van der Waals surface area contributed by atoms with Gasteiger partial charge in [0, 0.05) is 69.7 Å². The second kappa shape index (κ2) is 11.1. The molecule has 3 heterocycles. The largest absolute Gasteiger partial charge is 0.368 e. The monoisotopic (exact) mass is 573 g/mol. The van der Waals surface area contributed by atoms with Crippen LogP contribution in [-0.2, 0) is 14.4 Å². The molecule has 1 aromatic rings. The van der Waals surface area contributed by atoms with Crippen molar-refractivity contribution in [3.8, 4) is 0 Å². The summed E-state index contributed by atoms with van der Waals surface area (Å²) >= 11 is 0. The second-order valence-electron chi connectivity index (χ2n) is 13.4. The maximum absolute atomic E-state index is 14.1. The van der Waals surface area contributed by atoms with Crippen LogP contribution in [0.25, 0.3) is 0 Å². The van der Waals surface area contributed by atoms with Gasteiger partial charge in [0.1, 0.15) is 0 Å². The Balaban J connectivity index is 1.14. The molecule has 3 aliphatic heterocycles. The molecule has 6 rings (SSSR count). The zero-order chi connectivity index (χ0) is 29.8. The number of allylic oxidation sites excluding steroid dienone is 2. The van der Waals surface area contributed by atoms with E-state index < -0.39 is 0 Å². The van der Waals surface area contributed by atoms with Crippen LogP contribution in [0.1, 0.15) is 63.5 Å². The number of carbonyl (C=O) groups is 3. The molecule has 1 N–H and O–H groups in total. The lowest BCUT2D eigenvalue weighted by atomic mass is 9.78. The number of likely N-dealkylation sites (tertiary alicyclic amines) is 1. The molecule has 0 aromatic heterocycles. The number of β-lactam (4-membered cyclic amide) rings is 1. The Hall–Kier alpha value is -3.29. The molecule has 226 valence electrons. The Morgan fingerprint density at radius 1 is 1.05 bits per heavy atom. The highest BCUT2D eigenvalue weighted by atomic mass is 16.2. The number of aryl methyl sites for hydroxylation is 1. The summed E-state index contributed by atoms with van der Waals surface area (Å²) < 4.78 is 0. The third-order valence-corrected chi connectivity index (χ3v) is 10.8. The van der Waals surface area contributed by atoms with E-state index in [1.807, 2.05) is 16.8 Å². The van der Waals surface area contributed by atoms with Crippen molar-refractivity contribution in [3.63, 3.8) is 0 Å². The summed E-state index contributed by atoms with van der Waals surface area (Å²) in [4.78, 5) is 47.8. The normalized spacial score (nSPS) is 25.2. The Bertz CT molecular complexity index is 1340. The molecule has 4 fully saturated rings. The third-order valence-electron chi connectivity index (χ3n) is 10.8. The summed E-state index contributed by atoms with van der Waals surface area (Å²) in [7, 11) is 2.04. The summed E-state index contributed by atoms with van der Waals surface area (Å²) in [6, 6.07) is 6.45. The number of piperidine rings is 1. The Morgan fingerprint density at radius 2 is 1.74 bits per heavy atom. The number of hydrogen-bond donors (Lipinski definition) is 1. The van der Waals surface area contributed by atoms with E-state index in [0.29, 0.717) is 37.9 Å². The van der Waals surface area contributed by atoms with Gasteiger partial charge in [-0.2, -0.15) is 0 Å². The van der Waals surface area contributed by atoms with Gasteiger partial charge in [0.05, 0.1) is 12.1 Å². The molecule has 5 aliphatic rings. The highest BCUT2D eigenvalue weighted by Gasteiger charge is 2.51. The molecule has 2 aliphatic carbocycles. The molecule has 3 saturated heterocycles. The number of piperazine rings is 1. The van der Waals surface area contributed by atoms with Gasteiger partial charge in [-0.3, -0.25) is 14.4 Å². The van der Waals surface area contributed by atoms with Crippen LogP contribution in [0, 0.1) is 25.7 Å². The quantitative estimate of drug-likeness (QED) is 0.397. The van der Waals surface area contributed by atoms with Crippen molar-refractivity contribution in [2.45, 2.75) is 71.8 Å². The van der Waals surface area contributed by atoms with Gasteiger partial charge in [0.2, 0.25) is 11.8 Å². The first-order valence-electron chi connectivity index (χ1n) is 15.9. The minimum Gasteiger partial charge on any atom is -0.368 e. The molecular formula is C34H47N5O3. The van der Waals surface area contributed by atoms with Crippen LogP contribution < -0.4 is 10.2 Å². The molecule has 0 unspecified atom stereocenters. The maximum Gasteiger partial charge on any atom is 0.254 e. The van der Waals surface area contributed by atoms with Crippen molar-refractivity contribution in [3.05, 3.63) is 51.7 Å². The van der Waals surface area contributed by atoms with Gasteiger partial charge in [0.25, 0.3) is 5.91 Å². The van der Waals surface area contributed by atoms with Crippen molar-refractivity contribution >= 4 is 23.4 Å². The van der Waals surface area contributed by atoms with Gasteiger partial charge in [-0.15, -0.1) is 0 Å². The van der Waals surface area contributed by atoms with Gasteiger partial charge in [-0.1, -0.05) is 24.6 Å². The van der Waals surface area contributed by atoms with E-state index in [9.17, 15) is 14.4 Å². The number of likely N-dealkylation sites (N-methyl/N-ethyl adjacent to an activating group) is 1. The van der Waals surface area contributed by atoms with Crippen molar-refractivity contribution in [1.29, 1.82) is 0 Å². The van der Waals surface area contributed by atoms with E-state index in [2.05, 4.69) is 61.0 Å². The number of carbonyl (C=O) groups excluding carboxylic acids is 3. The van der Waals surface area contributed by atoms with Crippen molar-refractivity contribution in [1.82, 2.24) is 20.0 Å². The Kier molecular flexibility index (Phi) is 7.60. The van der Waals surface area contributed by atoms with E-state index in [1.165, 1.54) is 28.1 Å². The number of fused-ring (bicyclic) bond motifs is 1. The fourth-order valence-electron chi connectivity index (χ4n) is 7.65. The number of hydrogen-bond acceptors (Lipinski definition) is 5. The fourth-order valence-corrected chi connectivity index (χ4v) is 7.65. The molecule has 1 aromatic carbocycles. The molecule has 8 heteroatoms. The standard InChI is InChI=1S/C34H47N5O3/c1-6-22(2)31(33(42)39-12-10-34(11-13-39)20-29(40)35-34)32-26-18-25(26)19-28(32)36(5)21-30(41)38-16-14-37(15-17-38)27-9-7-8-23(3)24(27)4/h7-9,25-26H,6,10-21H2,1-5H3,(H,35,40)/b31-22-/t25-,26-/m1/s1. The van der Waals surface area contributed by atoms with Gasteiger partial charge in [-0.05, 0) is 87.5 Å². The molecule has 1 spiro atoms. The lowest BCUT2D eigenvalue weighted by molar-refractivity contribution is -0.137. The average Bonchev–Trinajstić information content (AvgIpc) is 3.65. The van der Waals surface area contributed by atoms with Crippen LogP contribution in [0.4, 0.5) is 5.69 Å². The van der Waals surface area contributed by atoms with Crippen LogP contribution in [0.2, 0.25) is 0 Å². The van der Waals surface area contributed by atoms with Crippen molar-refractivity contribution in [2.24, 2.45) is 11.8 Å². The lowest BCUT2D eigenvalue weighted by Gasteiger charge is -2.48. The van der Waals surface area contributed by atoms with Gasteiger partial charge in [0.15, 0.2) is 0 Å². The van der Waals surface area contributed by atoms with E-state index >= 15 is 0 Å². The van der Waals surface area contributed by atoms with Crippen LogP contribution in [0.15, 0.2) is 40.6 Å². The highest BCUT2D eigenvalue weighted by molar-refractivity contribution is 5.99. The molecule has 2 atom stereocenters. The van der Waals surface area contributed by atoms with E-state index in [4.69, 9.17) is 0 Å². The fraction of sp³-hybridized carbons (Fsp3) is 0.618. The van der Waals surface area contributed by atoms with Gasteiger partial charge >= 0.3 is 0 Å². The minimum absolute atomic E-state index is 0.0954. The van der Waals surface area contributed by atoms with Crippen molar-refractivity contribution < 1.29 is 14.4 Å². The van der Waals surface area contributed by atoms with Crippen molar-refractivity contribution in [2.75, 3.05) is 57.8 Å². The number of benzene rings is 1. The molecule has 0 radical (unpaired) electrons. The molecule has 1 saturated carbocycles. The van der Waals surface area contributed by atoms with Crippen LogP contribution in [0.5, 0.6) is 0 Å². The summed E-state index contributed by atoms with van der Waals surface area (Å²) in [5, 5.41) is 3.09. The Morgan fingerprint density at radius 3 is 2.38 bits per heavy atom. The molecular weight excluding hydrogens is 526 g/mol. The van der Waals surface area contributed by atoms with Crippen LogP contribution >= 0.6 is 0 Å². The number of nitrogens with one attached hydrogen (secondary N) is 1. The number of nitrogens with zero attached hydrogens (tertiary/aromatic N) is 4. The SMILES string of the molecule is CC/C(C)=C(\C(=O)N1CCC2(CC1)CC(=O)N2)C1=C(N(C)CC(=O)N2CCN(c3cccc(C)c3C)CC2)C[C@H]2C[C@@H]12. The molecule has 8 nitrogen and oxygen atoms in total. The number of anilines is 1. The smallest absolute Gasteiger partial charge is 0.254 e. The summed E-state index contributed by atoms with van der Waals surface area (Å²) in [6.07, 6.45) is 5.16. The minimum atomic E-state index is -0.0954. The summed E-state index contributed by atoms with van der Waals surface area (Å²) in [6.45, 7) is 13.4. The zero-order valence-corrected chi connectivity index (χ0v) is 26.1. The van der Waals surface area contributed by atoms with E-state index in [1.54, 1.807) is 0 Å². The maximum atomic E-state index is 14.1. The van der Waals surface area contributed by atoms with Crippen LogP contribution in [0.3, 0.4) is 0 Å². The van der Waals surface area contributed by atoms with Gasteiger partial charge in [-0.25, -0.2) is 0 Å². The van der Waals surface area contributed by atoms with Gasteiger partial charge < -0.3 is 24.9 Å². The molecule has 3 amide bonds. The topological polar surface area (TPSA) is 76.2 Å². The first-order valence-corrected chi connectivity index (χ1v) is 15.9. The summed E-state index contributed by atoms with van der Waals surface area (Å²) in [5.74, 6) is 1.45. The first-order chi connectivity index (χ1) is 20.1. The molecule has 42 heavy (non-hydrogen) atoms. The average molecular weight is 574 g/mol. The predicted octanol–water partition coefficient (Wildman–Crippen LogP) is 3.79. The third kappa shape index (κ3) is 5.22. The van der Waals surface area contributed by atoms with E-state index in [0.717, 1.165) is 69.4 Å². The van der Waals surface area contributed by atoms with E-state index in [-0.39, 0.29) is 23.3 Å². The molecule has 0 bridgehead atoms. The Labute approximate surface area is 250 Å². The lowest BCUT2D eigenvalue weighted by Crippen LogP contribution is -2.65. The summed E-state index contributed by atoms with van der Waals surface area (Å²) in [5.41, 5.74) is 8.22. The predicted molar refractivity (Wildman–Crippen MR) is 165 cm³/mol. The second-order valence-corrected chi connectivity index (χ2v) is 13.4. The zero-order valence-electron chi connectivity index (χ0n) is 26.1.